The van der Waals surface area contributed by atoms with Crippen LogP contribution < -0.4 is 10.6 Å². The van der Waals surface area contributed by atoms with Gasteiger partial charge in [-0.3, -0.25) is 4.90 Å². The van der Waals surface area contributed by atoms with Gasteiger partial charge in [0.1, 0.15) is 5.82 Å². The van der Waals surface area contributed by atoms with Crippen molar-refractivity contribution in [1.29, 1.82) is 0 Å². The molecule has 0 bridgehead atoms. The largest absolute Gasteiger partial charge is 0.383 e. The Bertz CT molecular complexity index is 387. The van der Waals surface area contributed by atoms with Crippen LogP contribution in [-0.4, -0.2) is 56.3 Å². The normalized spacial score (nSPS) is 18.9. The van der Waals surface area contributed by atoms with Gasteiger partial charge in [-0.2, -0.15) is 0 Å². The SMILES string of the molecule is COCCN(C)c1ccc(CN2CC[C@H](N)C2)cn1.Cl. The van der Waals surface area contributed by atoms with Gasteiger partial charge in [0, 0.05) is 52.6 Å². The van der Waals surface area contributed by atoms with Crippen molar-refractivity contribution in [3.05, 3.63) is 23.9 Å². The molecule has 1 fully saturated rings. The molecule has 1 aliphatic heterocycles. The van der Waals surface area contributed by atoms with Gasteiger partial charge in [-0.05, 0) is 18.1 Å². The lowest BCUT2D eigenvalue weighted by Crippen LogP contribution is -2.26. The number of halogens is 1. The maximum absolute atomic E-state index is 5.91. The van der Waals surface area contributed by atoms with Gasteiger partial charge in [0.25, 0.3) is 0 Å². The maximum Gasteiger partial charge on any atom is 0.128 e. The van der Waals surface area contributed by atoms with Crippen LogP contribution >= 0.6 is 12.4 Å². The number of pyridine rings is 1. The van der Waals surface area contributed by atoms with Crippen LogP contribution in [0.5, 0.6) is 0 Å². The maximum atomic E-state index is 5.91. The number of likely N-dealkylation sites (tertiary alicyclic amines) is 1. The van der Waals surface area contributed by atoms with Crippen molar-refractivity contribution in [3.63, 3.8) is 0 Å². The van der Waals surface area contributed by atoms with Gasteiger partial charge < -0.3 is 15.4 Å². The number of hydrogen-bond acceptors (Lipinski definition) is 5. The average Bonchev–Trinajstić information content (AvgIpc) is 2.82. The molecule has 1 aliphatic rings. The first kappa shape index (κ1) is 17.2. The van der Waals surface area contributed by atoms with E-state index in [9.17, 15) is 0 Å². The lowest BCUT2D eigenvalue weighted by atomic mass is 10.2. The van der Waals surface area contributed by atoms with Crippen LogP contribution in [0, 0.1) is 0 Å². The Hall–Kier alpha value is -0.880. The van der Waals surface area contributed by atoms with Crippen LogP contribution in [0.15, 0.2) is 18.3 Å². The van der Waals surface area contributed by atoms with Crippen LogP contribution in [0.1, 0.15) is 12.0 Å². The summed E-state index contributed by atoms with van der Waals surface area (Å²) in [6.45, 7) is 4.60. The summed E-state index contributed by atoms with van der Waals surface area (Å²) in [6, 6.07) is 4.56. The summed E-state index contributed by atoms with van der Waals surface area (Å²) in [5.41, 5.74) is 7.16. The monoisotopic (exact) mass is 300 g/mol. The lowest BCUT2D eigenvalue weighted by molar-refractivity contribution is 0.206. The van der Waals surface area contributed by atoms with E-state index < -0.39 is 0 Å². The Kier molecular flexibility index (Phi) is 7.23. The van der Waals surface area contributed by atoms with Gasteiger partial charge in [0.2, 0.25) is 0 Å². The minimum absolute atomic E-state index is 0. The molecule has 2 N–H and O–H groups in total. The van der Waals surface area contributed by atoms with Crippen LogP contribution in [-0.2, 0) is 11.3 Å². The number of rotatable bonds is 6. The quantitative estimate of drug-likeness (QED) is 0.853. The highest BCUT2D eigenvalue weighted by Gasteiger charge is 2.18. The molecule has 0 spiro atoms. The first-order chi connectivity index (χ1) is 9.19. The third-order valence-corrected chi connectivity index (χ3v) is 3.55. The molecule has 2 rings (SSSR count). The highest BCUT2D eigenvalue weighted by Crippen LogP contribution is 2.14. The fourth-order valence-electron chi connectivity index (χ4n) is 2.34. The van der Waals surface area contributed by atoms with Crippen LogP contribution in [0.3, 0.4) is 0 Å². The Morgan fingerprint density at radius 2 is 2.30 bits per heavy atom. The number of nitrogens with zero attached hydrogens (tertiary/aromatic N) is 3. The Labute approximate surface area is 127 Å². The van der Waals surface area contributed by atoms with Crippen molar-refractivity contribution in [3.8, 4) is 0 Å². The van der Waals surface area contributed by atoms with Crippen molar-refractivity contribution >= 4 is 18.2 Å². The average molecular weight is 301 g/mol. The molecule has 20 heavy (non-hydrogen) atoms. The number of hydrogen-bond donors (Lipinski definition) is 1. The van der Waals surface area contributed by atoms with E-state index in [-0.39, 0.29) is 12.4 Å². The molecule has 0 saturated carbocycles. The molecule has 114 valence electrons. The van der Waals surface area contributed by atoms with Crippen molar-refractivity contribution in [1.82, 2.24) is 9.88 Å². The zero-order valence-corrected chi connectivity index (χ0v) is 13.1. The first-order valence-electron chi connectivity index (χ1n) is 6.82. The molecule has 0 radical (unpaired) electrons. The molecule has 0 amide bonds. The fourth-order valence-corrected chi connectivity index (χ4v) is 2.34. The summed E-state index contributed by atoms with van der Waals surface area (Å²) in [6.07, 6.45) is 3.06. The summed E-state index contributed by atoms with van der Waals surface area (Å²) in [4.78, 5) is 8.99. The third kappa shape index (κ3) is 4.90. The molecule has 1 aromatic rings. The van der Waals surface area contributed by atoms with Crippen molar-refractivity contribution in [2.75, 3.05) is 45.3 Å². The van der Waals surface area contributed by atoms with E-state index in [1.165, 1.54) is 5.56 Å². The van der Waals surface area contributed by atoms with Gasteiger partial charge in [0.05, 0.1) is 6.61 Å². The number of anilines is 1. The number of likely N-dealkylation sites (N-methyl/N-ethyl adjacent to an activating group) is 1. The Balaban J connectivity index is 0.00000200. The van der Waals surface area contributed by atoms with Gasteiger partial charge in [-0.15, -0.1) is 12.4 Å². The third-order valence-electron chi connectivity index (χ3n) is 3.55. The molecule has 0 aromatic carbocycles. The van der Waals surface area contributed by atoms with Crippen LogP contribution in [0.4, 0.5) is 5.82 Å². The van der Waals surface area contributed by atoms with Gasteiger partial charge in [-0.1, -0.05) is 6.07 Å². The Morgan fingerprint density at radius 3 is 2.85 bits per heavy atom. The van der Waals surface area contributed by atoms with Crippen molar-refractivity contribution in [2.24, 2.45) is 5.73 Å². The summed E-state index contributed by atoms with van der Waals surface area (Å²) in [5.74, 6) is 0.985. The summed E-state index contributed by atoms with van der Waals surface area (Å²) >= 11 is 0. The molecule has 1 aromatic heterocycles. The van der Waals surface area contributed by atoms with Gasteiger partial charge in [0.15, 0.2) is 0 Å². The van der Waals surface area contributed by atoms with Crippen LogP contribution in [0.25, 0.3) is 0 Å². The van der Waals surface area contributed by atoms with Crippen molar-refractivity contribution < 1.29 is 4.74 Å². The predicted octanol–water partition coefficient (Wildman–Crippen LogP) is 1.12. The zero-order chi connectivity index (χ0) is 13.7. The van der Waals surface area contributed by atoms with Gasteiger partial charge >= 0.3 is 0 Å². The first-order valence-corrected chi connectivity index (χ1v) is 6.82. The second-order valence-electron chi connectivity index (χ2n) is 5.22. The molecule has 0 unspecified atom stereocenters. The zero-order valence-electron chi connectivity index (χ0n) is 12.3. The topological polar surface area (TPSA) is 54.6 Å². The van der Waals surface area contributed by atoms with E-state index in [2.05, 4.69) is 26.9 Å². The highest BCUT2D eigenvalue weighted by molar-refractivity contribution is 5.85. The molecule has 0 aliphatic carbocycles. The van der Waals surface area contributed by atoms with E-state index in [1.54, 1.807) is 7.11 Å². The number of aromatic nitrogens is 1. The van der Waals surface area contributed by atoms with E-state index in [0.717, 1.165) is 38.4 Å². The summed E-state index contributed by atoms with van der Waals surface area (Å²) in [5, 5.41) is 0. The lowest BCUT2D eigenvalue weighted by Gasteiger charge is -2.19. The fraction of sp³-hybridized carbons (Fsp3) is 0.643. The number of nitrogens with two attached hydrogens (primary N) is 1. The molecule has 2 heterocycles. The molecule has 5 nitrogen and oxygen atoms in total. The molecule has 6 heteroatoms. The summed E-state index contributed by atoms with van der Waals surface area (Å²) in [7, 11) is 3.74. The second-order valence-corrected chi connectivity index (χ2v) is 5.22. The number of ether oxygens (including phenoxy) is 1. The minimum Gasteiger partial charge on any atom is -0.383 e. The second kappa shape index (κ2) is 8.42. The van der Waals surface area contributed by atoms with Crippen LogP contribution in [0.2, 0.25) is 0 Å². The minimum atomic E-state index is 0. The highest BCUT2D eigenvalue weighted by atomic mass is 35.5. The molecule has 1 atom stereocenters. The smallest absolute Gasteiger partial charge is 0.128 e. The molecular formula is C14H25ClN4O. The van der Waals surface area contributed by atoms with E-state index in [0.29, 0.717) is 12.6 Å². The number of methoxy groups -OCH3 is 1. The van der Waals surface area contributed by atoms with Gasteiger partial charge in [-0.25, -0.2) is 4.98 Å². The van der Waals surface area contributed by atoms with E-state index in [1.807, 2.05) is 13.2 Å². The standard InChI is InChI=1S/C14H24N4O.ClH/c1-17(7-8-19-2)14-4-3-12(9-16-14)10-18-6-5-13(15)11-18;/h3-4,9,13H,5-8,10-11,15H2,1-2H3;1H/t13-;/m0./s1. The molecular weight excluding hydrogens is 276 g/mol. The molecule has 1 saturated heterocycles. The van der Waals surface area contributed by atoms with Crippen molar-refractivity contribution in [2.45, 2.75) is 19.0 Å². The Morgan fingerprint density at radius 1 is 1.50 bits per heavy atom. The predicted molar refractivity (Wildman–Crippen MR) is 84.5 cm³/mol. The summed E-state index contributed by atoms with van der Waals surface area (Å²) < 4.78 is 5.07. The van der Waals surface area contributed by atoms with E-state index in [4.69, 9.17) is 10.5 Å². The van der Waals surface area contributed by atoms with E-state index >= 15 is 0 Å².